The molecule has 0 aliphatic rings. The highest BCUT2D eigenvalue weighted by molar-refractivity contribution is 5.83. The minimum absolute atomic E-state index is 0.0125. The lowest BCUT2D eigenvalue weighted by molar-refractivity contribution is -0.384. The maximum atomic E-state index is 12.0. The second kappa shape index (κ2) is 9.80. The van der Waals surface area contributed by atoms with Crippen LogP contribution >= 0.6 is 0 Å². The molecule has 3 aromatic rings. The van der Waals surface area contributed by atoms with Crippen molar-refractivity contribution in [3.8, 4) is 5.75 Å². The Labute approximate surface area is 167 Å². The van der Waals surface area contributed by atoms with Crippen LogP contribution in [0.25, 0.3) is 0 Å². The molecule has 0 saturated heterocycles. The fourth-order valence-electron chi connectivity index (χ4n) is 2.56. The van der Waals surface area contributed by atoms with Crippen molar-refractivity contribution in [1.29, 1.82) is 0 Å². The smallest absolute Gasteiger partial charge is 0.269 e. The number of ether oxygens (including phenoxy) is 1. The molecule has 0 saturated carbocycles. The number of carbonyl (C=O) groups is 1. The summed E-state index contributed by atoms with van der Waals surface area (Å²) in [6, 6.07) is 23.1. The van der Waals surface area contributed by atoms with Gasteiger partial charge in [0.15, 0.2) is 0 Å². The maximum absolute atomic E-state index is 12.0. The van der Waals surface area contributed by atoms with Gasteiger partial charge in [-0.3, -0.25) is 14.9 Å². The second-order valence-electron chi connectivity index (χ2n) is 6.24. The van der Waals surface area contributed by atoms with Gasteiger partial charge in [-0.05, 0) is 28.8 Å². The van der Waals surface area contributed by atoms with Gasteiger partial charge in [0.1, 0.15) is 12.4 Å². The van der Waals surface area contributed by atoms with Crippen LogP contribution in [0.1, 0.15) is 16.7 Å². The standard InChI is InChI=1S/C22H19N3O4/c26-22(14-17-9-11-20(12-10-17)25(27)28)24-23-15-19-7-4-8-21(13-19)29-16-18-5-2-1-3-6-18/h1-13,15H,14,16H2,(H,24,26). The van der Waals surface area contributed by atoms with E-state index in [9.17, 15) is 14.9 Å². The average molecular weight is 389 g/mol. The molecule has 0 spiro atoms. The summed E-state index contributed by atoms with van der Waals surface area (Å²) < 4.78 is 5.77. The minimum Gasteiger partial charge on any atom is -0.489 e. The molecular weight excluding hydrogens is 370 g/mol. The van der Waals surface area contributed by atoms with Crippen LogP contribution in [0.3, 0.4) is 0 Å². The average Bonchev–Trinajstić information content (AvgIpc) is 2.74. The zero-order valence-electron chi connectivity index (χ0n) is 15.5. The van der Waals surface area contributed by atoms with Gasteiger partial charge in [0.25, 0.3) is 5.69 Å². The van der Waals surface area contributed by atoms with Crippen LogP contribution in [0.2, 0.25) is 0 Å². The fourth-order valence-corrected chi connectivity index (χ4v) is 2.56. The van der Waals surface area contributed by atoms with E-state index in [1.165, 1.54) is 18.3 Å². The van der Waals surface area contributed by atoms with Gasteiger partial charge in [-0.15, -0.1) is 0 Å². The number of carbonyl (C=O) groups excluding carboxylic acids is 1. The number of rotatable bonds is 8. The largest absolute Gasteiger partial charge is 0.489 e. The monoisotopic (exact) mass is 389 g/mol. The lowest BCUT2D eigenvalue weighted by Crippen LogP contribution is -2.19. The van der Waals surface area contributed by atoms with Crippen LogP contribution in [0.15, 0.2) is 84.0 Å². The molecular formula is C22H19N3O4. The molecule has 146 valence electrons. The summed E-state index contributed by atoms with van der Waals surface area (Å²) in [4.78, 5) is 22.1. The Bertz CT molecular complexity index is 1000. The Morgan fingerprint density at radius 3 is 2.48 bits per heavy atom. The number of hydrazone groups is 1. The Hall–Kier alpha value is -4.00. The van der Waals surface area contributed by atoms with Gasteiger partial charge in [-0.1, -0.05) is 54.6 Å². The predicted molar refractivity (Wildman–Crippen MR) is 110 cm³/mol. The van der Waals surface area contributed by atoms with Crippen molar-refractivity contribution in [2.75, 3.05) is 0 Å². The summed E-state index contributed by atoms with van der Waals surface area (Å²) in [5.41, 5.74) is 4.96. The molecule has 1 N–H and O–H groups in total. The number of nitro groups is 1. The third-order valence-electron chi connectivity index (χ3n) is 4.02. The lowest BCUT2D eigenvalue weighted by atomic mass is 10.1. The first-order chi connectivity index (χ1) is 14.1. The highest BCUT2D eigenvalue weighted by Gasteiger charge is 2.06. The lowest BCUT2D eigenvalue weighted by Gasteiger charge is -2.06. The Balaban J connectivity index is 1.50. The van der Waals surface area contributed by atoms with Crippen LogP contribution in [-0.2, 0) is 17.8 Å². The fraction of sp³-hybridized carbons (Fsp3) is 0.0909. The predicted octanol–water partition coefficient (Wildman–Crippen LogP) is 3.87. The van der Waals surface area contributed by atoms with E-state index in [0.29, 0.717) is 17.9 Å². The number of hydrogen-bond acceptors (Lipinski definition) is 5. The third kappa shape index (κ3) is 6.28. The molecule has 1 amide bonds. The highest BCUT2D eigenvalue weighted by Crippen LogP contribution is 2.14. The molecule has 7 nitrogen and oxygen atoms in total. The first kappa shape index (κ1) is 19.8. The number of nitrogens with one attached hydrogen (secondary N) is 1. The third-order valence-corrected chi connectivity index (χ3v) is 4.02. The van der Waals surface area contributed by atoms with E-state index in [0.717, 1.165) is 11.1 Å². The van der Waals surface area contributed by atoms with E-state index in [1.807, 2.05) is 54.6 Å². The molecule has 7 heteroatoms. The Kier molecular flexibility index (Phi) is 6.67. The zero-order valence-corrected chi connectivity index (χ0v) is 15.5. The summed E-state index contributed by atoms with van der Waals surface area (Å²) in [6.45, 7) is 0.466. The van der Waals surface area contributed by atoms with Gasteiger partial charge in [0, 0.05) is 12.1 Å². The van der Waals surface area contributed by atoms with Gasteiger partial charge in [0.2, 0.25) is 5.91 Å². The van der Waals surface area contributed by atoms with Crippen LogP contribution in [0, 0.1) is 10.1 Å². The van der Waals surface area contributed by atoms with E-state index in [2.05, 4.69) is 10.5 Å². The van der Waals surface area contributed by atoms with E-state index in [4.69, 9.17) is 4.74 Å². The summed E-state index contributed by atoms with van der Waals surface area (Å²) in [6.07, 6.45) is 1.61. The molecule has 0 aromatic heterocycles. The van der Waals surface area contributed by atoms with Crippen LogP contribution in [0.5, 0.6) is 5.75 Å². The molecule has 0 radical (unpaired) electrons. The summed E-state index contributed by atoms with van der Waals surface area (Å²) >= 11 is 0. The molecule has 0 atom stereocenters. The van der Waals surface area contributed by atoms with Crippen molar-refractivity contribution < 1.29 is 14.5 Å². The van der Waals surface area contributed by atoms with Crippen LogP contribution in [0.4, 0.5) is 5.69 Å². The number of hydrogen-bond donors (Lipinski definition) is 1. The van der Waals surface area contributed by atoms with E-state index >= 15 is 0 Å². The van der Waals surface area contributed by atoms with Gasteiger partial charge < -0.3 is 4.74 Å². The quantitative estimate of drug-likeness (QED) is 0.359. The summed E-state index contributed by atoms with van der Waals surface area (Å²) in [5, 5.41) is 14.6. The molecule has 0 aliphatic heterocycles. The minimum atomic E-state index is -0.480. The van der Waals surface area contributed by atoms with Gasteiger partial charge in [-0.2, -0.15) is 5.10 Å². The van der Waals surface area contributed by atoms with Gasteiger partial charge in [0.05, 0.1) is 17.6 Å². The normalized spacial score (nSPS) is 10.6. The summed E-state index contributed by atoms with van der Waals surface area (Å²) in [7, 11) is 0. The van der Waals surface area contributed by atoms with Crippen molar-refractivity contribution in [3.05, 3.63) is 106 Å². The summed E-state index contributed by atoms with van der Waals surface area (Å²) in [5.74, 6) is 0.390. The number of amides is 1. The molecule has 0 unspecified atom stereocenters. The van der Waals surface area contributed by atoms with E-state index in [1.54, 1.807) is 12.1 Å². The van der Waals surface area contributed by atoms with Crippen molar-refractivity contribution in [2.24, 2.45) is 5.10 Å². The van der Waals surface area contributed by atoms with Crippen LogP contribution in [-0.4, -0.2) is 17.0 Å². The molecule has 0 fully saturated rings. The van der Waals surface area contributed by atoms with Gasteiger partial charge >= 0.3 is 0 Å². The Morgan fingerprint density at radius 2 is 1.76 bits per heavy atom. The molecule has 3 rings (SSSR count). The number of nitrogens with zero attached hydrogens (tertiary/aromatic N) is 2. The van der Waals surface area contributed by atoms with Gasteiger partial charge in [-0.25, -0.2) is 5.43 Å². The van der Waals surface area contributed by atoms with Crippen molar-refractivity contribution in [1.82, 2.24) is 5.43 Å². The first-order valence-electron chi connectivity index (χ1n) is 8.92. The van der Waals surface area contributed by atoms with Crippen molar-refractivity contribution in [3.63, 3.8) is 0 Å². The van der Waals surface area contributed by atoms with E-state index < -0.39 is 4.92 Å². The number of benzene rings is 3. The topological polar surface area (TPSA) is 93.8 Å². The Morgan fingerprint density at radius 1 is 1.00 bits per heavy atom. The van der Waals surface area contributed by atoms with Crippen LogP contribution < -0.4 is 10.2 Å². The number of nitro benzene ring substituents is 1. The second-order valence-corrected chi connectivity index (χ2v) is 6.24. The van der Waals surface area contributed by atoms with Crippen molar-refractivity contribution >= 4 is 17.8 Å². The van der Waals surface area contributed by atoms with Crippen molar-refractivity contribution in [2.45, 2.75) is 13.0 Å². The molecule has 3 aromatic carbocycles. The first-order valence-corrected chi connectivity index (χ1v) is 8.92. The highest BCUT2D eigenvalue weighted by atomic mass is 16.6. The molecule has 0 aliphatic carbocycles. The molecule has 0 heterocycles. The molecule has 0 bridgehead atoms. The zero-order chi connectivity index (χ0) is 20.5. The SMILES string of the molecule is O=C(Cc1ccc([N+](=O)[O-])cc1)NN=Cc1cccc(OCc2ccccc2)c1. The molecule has 29 heavy (non-hydrogen) atoms. The number of non-ortho nitro benzene ring substituents is 1. The van der Waals surface area contributed by atoms with E-state index in [-0.39, 0.29) is 18.0 Å². The maximum Gasteiger partial charge on any atom is 0.269 e.